The van der Waals surface area contributed by atoms with Crippen molar-refractivity contribution in [3.05, 3.63) is 0 Å². The van der Waals surface area contributed by atoms with Gasteiger partial charge >= 0.3 is 0 Å². The highest BCUT2D eigenvalue weighted by molar-refractivity contribution is 4.96. The van der Waals surface area contributed by atoms with Crippen LogP contribution in [0.1, 0.15) is 32.6 Å². The molecule has 0 spiro atoms. The highest BCUT2D eigenvalue weighted by Crippen LogP contribution is 2.35. The van der Waals surface area contributed by atoms with Gasteiger partial charge in [-0.1, -0.05) is 13.3 Å². The molecule has 1 aliphatic rings. The zero-order valence-corrected chi connectivity index (χ0v) is 8.73. The van der Waals surface area contributed by atoms with Crippen LogP contribution >= 0.6 is 0 Å². The lowest BCUT2D eigenvalue weighted by atomic mass is 9.95. The summed E-state index contributed by atoms with van der Waals surface area (Å²) in [6, 6.07) is 0. The minimum Gasteiger partial charge on any atom is -0.329 e. The van der Waals surface area contributed by atoms with Crippen LogP contribution in [0.5, 0.6) is 0 Å². The van der Waals surface area contributed by atoms with E-state index in [0.717, 1.165) is 25.7 Å². The molecule has 2 unspecified atom stereocenters. The Labute approximate surface area is 84.2 Å². The summed E-state index contributed by atoms with van der Waals surface area (Å²) < 4.78 is 24.1. The second-order valence-corrected chi connectivity index (χ2v) is 4.27. The molecule has 1 saturated carbocycles. The molecule has 0 heterocycles. The van der Waals surface area contributed by atoms with Crippen LogP contribution in [0.3, 0.4) is 0 Å². The van der Waals surface area contributed by atoms with Crippen molar-refractivity contribution in [2.24, 2.45) is 11.7 Å². The zero-order valence-electron chi connectivity index (χ0n) is 8.73. The lowest BCUT2D eigenvalue weighted by molar-refractivity contribution is 0.129. The van der Waals surface area contributed by atoms with Gasteiger partial charge in [0.25, 0.3) is 6.43 Å². The Morgan fingerprint density at radius 3 is 2.71 bits per heavy atom. The van der Waals surface area contributed by atoms with Crippen molar-refractivity contribution in [2.45, 2.75) is 44.6 Å². The van der Waals surface area contributed by atoms with Gasteiger partial charge in [-0.2, -0.15) is 0 Å². The Morgan fingerprint density at radius 2 is 2.29 bits per heavy atom. The molecule has 0 saturated heterocycles. The van der Waals surface area contributed by atoms with E-state index in [2.05, 4.69) is 12.2 Å². The summed E-state index contributed by atoms with van der Waals surface area (Å²) in [5, 5.41) is 2.93. The van der Waals surface area contributed by atoms with E-state index in [-0.39, 0.29) is 12.1 Å². The largest absolute Gasteiger partial charge is 0.329 e. The molecule has 0 radical (unpaired) electrons. The Kier molecular flexibility index (Phi) is 4.26. The summed E-state index contributed by atoms with van der Waals surface area (Å²) in [6.07, 6.45) is 1.85. The molecule has 2 atom stereocenters. The van der Waals surface area contributed by atoms with Crippen LogP contribution < -0.4 is 11.1 Å². The van der Waals surface area contributed by atoms with Crippen molar-refractivity contribution in [1.29, 1.82) is 0 Å². The quantitative estimate of drug-likeness (QED) is 0.719. The van der Waals surface area contributed by atoms with E-state index in [1.807, 2.05) is 0 Å². The Morgan fingerprint density at radius 1 is 1.57 bits per heavy atom. The van der Waals surface area contributed by atoms with Gasteiger partial charge in [0.05, 0.1) is 6.54 Å². The molecule has 1 aliphatic carbocycles. The number of hydrogen-bond acceptors (Lipinski definition) is 2. The summed E-state index contributed by atoms with van der Waals surface area (Å²) in [4.78, 5) is 0. The Bertz CT molecular complexity index is 176. The van der Waals surface area contributed by atoms with Crippen LogP contribution in [0, 0.1) is 5.92 Å². The fourth-order valence-electron chi connectivity index (χ4n) is 2.30. The highest BCUT2D eigenvalue weighted by Gasteiger charge is 2.37. The lowest BCUT2D eigenvalue weighted by Gasteiger charge is -2.29. The van der Waals surface area contributed by atoms with Crippen molar-refractivity contribution in [2.75, 3.05) is 13.1 Å². The van der Waals surface area contributed by atoms with E-state index < -0.39 is 6.43 Å². The van der Waals surface area contributed by atoms with Crippen molar-refractivity contribution < 1.29 is 8.78 Å². The van der Waals surface area contributed by atoms with Gasteiger partial charge in [0.1, 0.15) is 0 Å². The van der Waals surface area contributed by atoms with Gasteiger partial charge in [0.15, 0.2) is 0 Å². The van der Waals surface area contributed by atoms with E-state index in [9.17, 15) is 8.78 Å². The van der Waals surface area contributed by atoms with Crippen molar-refractivity contribution >= 4 is 0 Å². The first kappa shape index (κ1) is 11.9. The van der Waals surface area contributed by atoms with Gasteiger partial charge in [0.2, 0.25) is 0 Å². The van der Waals surface area contributed by atoms with E-state index in [0.29, 0.717) is 12.5 Å². The highest BCUT2D eigenvalue weighted by atomic mass is 19.3. The average molecular weight is 206 g/mol. The maximum Gasteiger partial charge on any atom is 0.250 e. The second kappa shape index (κ2) is 5.03. The maximum atomic E-state index is 12.1. The van der Waals surface area contributed by atoms with Gasteiger partial charge < -0.3 is 11.1 Å². The monoisotopic (exact) mass is 206 g/mol. The van der Waals surface area contributed by atoms with E-state index >= 15 is 0 Å². The number of nitrogens with one attached hydrogen (secondary N) is 1. The Balaban J connectivity index is 2.43. The maximum absolute atomic E-state index is 12.1. The van der Waals surface area contributed by atoms with Crippen LogP contribution in [0.4, 0.5) is 8.78 Å². The van der Waals surface area contributed by atoms with E-state index in [1.165, 1.54) is 0 Å². The minimum absolute atomic E-state index is 0.211. The molecular weight excluding hydrogens is 186 g/mol. The summed E-state index contributed by atoms with van der Waals surface area (Å²) in [7, 11) is 0. The molecule has 0 bridgehead atoms. The van der Waals surface area contributed by atoms with Gasteiger partial charge in [-0.25, -0.2) is 8.78 Å². The molecule has 0 aromatic heterocycles. The fourth-order valence-corrected chi connectivity index (χ4v) is 2.30. The fraction of sp³-hybridized carbons (Fsp3) is 1.00. The topological polar surface area (TPSA) is 38.0 Å². The van der Waals surface area contributed by atoms with Crippen LogP contribution in [-0.2, 0) is 0 Å². The first-order valence-electron chi connectivity index (χ1n) is 5.35. The Hall–Kier alpha value is -0.220. The second-order valence-electron chi connectivity index (χ2n) is 4.27. The molecule has 0 aliphatic heterocycles. The van der Waals surface area contributed by atoms with Crippen LogP contribution in [0.2, 0.25) is 0 Å². The summed E-state index contributed by atoms with van der Waals surface area (Å²) in [5.41, 5.74) is 5.45. The van der Waals surface area contributed by atoms with E-state index in [1.54, 1.807) is 0 Å². The third-order valence-electron chi connectivity index (χ3n) is 3.31. The van der Waals surface area contributed by atoms with Crippen LogP contribution in [0.15, 0.2) is 0 Å². The molecule has 3 N–H and O–H groups in total. The van der Waals surface area contributed by atoms with Crippen LogP contribution in [-0.4, -0.2) is 25.1 Å². The minimum atomic E-state index is -2.28. The molecule has 2 nitrogen and oxygen atoms in total. The molecule has 14 heavy (non-hydrogen) atoms. The normalized spacial score (nSPS) is 32.8. The average Bonchev–Trinajstić information content (AvgIpc) is 2.59. The standard InChI is InChI=1S/C10H20F2N2/c1-2-8-3-4-10(5-8,7-13)14-6-9(11)12/h8-9,14H,2-7,13H2,1H3. The number of rotatable bonds is 5. The first-order valence-corrected chi connectivity index (χ1v) is 5.35. The predicted octanol–water partition coefficient (Wildman–Crippen LogP) is 1.75. The van der Waals surface area contributed by atoms with Gasteiger partial charge in [0, 0.05) is 12.1 Å². The van der Waals surface area contributed by atoms with Crippen molar-refractivity contribution in [3.8, 4) is 0 Å². The SMILES string of the molecule is CCC1CCC(CN)(NCC(F)F)C1. The molecule has 1 rings (SSSR count). The molecule has 4 heteroatoms. The van der Waals surface area contributed by atoms with E-state index in [4.69, 9.17) is 5.73 Å². The van der Waals surface area contributed by atoms with Crippen molar-refractivity contribution in [1.82, 2.24) is 5.32 Å². The first-order chi connectivity index (χ1) is 6.62. The molecule has 1 fully saturated rings. The zero-order chi connectivity index (χ0) is 10.6. The summed E-state index contributed by atoms with van der Waals surface area (Å²) in [6.45, 7) is 2.38. The number of alkyl halides is 2. The van der Waals surface area contributed by atoms with Gasteiger partial charge in [-0.05, 0) is 25.2 Å². The smallest absolute Gasteiger partial charge is 0.250 e. The number of halogens is 2. The summed E-state index contributed by atoms with van der Waals surface area (Å²) >= 11 is 0. The third kappa shape index (κ3) is 2.89. The third-order valence-corrected chi connectivity index (χ3v) is 3.31. The molecule has 0 aromatic rings. The van der Waals surface area contributed by atoms with Gasteiger partial charge in [-0.3, -0.25) is 0 Å². The van der Waals surface area contributed by atoms with Crippen molar-refractivity contribution in [3.63, 3.8) is 0 Å². The summed E-state index contributed by atoms with van der Waals surface area (Å²) in [5.74, 6) is 0.656. The number of nitrogens with two attached hydrogens (primary N) is 1. The number of hydrogen-bond donors (Lipinski definition) is 2. The predicted molar refractivity (Wildman–Crippen MR) is 53.4 cm³/mol. The lowest BCUT2D eigenvalue weighted by Crippen LogP contribution is -2.50. The molecule has 0 amide bonds. The molecule has 0 aromatic carbocycles. The van der Waals surface area contributed by atoms with Crippen LogP contribution in [0.25, 0.3) is 0 Å². The molecular formula is C10H20F2N2. The molecule has 84 valence electrons. The van der Waals surface area contributed by atoms with Gasteiger partial charge in [-0.15, -0.1) is 0 Å².